The van der Waals surface area contributed by atoms with E-state index in [9.17, 15) is 9.18 Å². The van der Waals surface area contributed by atoms with Crippen molar-refractivity contribution in [3.05, 3.63) is 89.1 Å². The first-order valence-electron chi connectivity index (χ1n) is 8.94. The molecule has 0 bridgehead atoms. The first-order chi connectivity index (χ1) is 13.2. The minimum Gasteiger partial charge on any atom is -0.328 e. The molecule has 0 spiro atoms. The van der Waals surface area contributed by atoms with E-state index in [4.69, 9.17) is 0 Å². The summed E-state index contributed by atoms with van der Waals surface area (Å²) in [5.74, 6) is 0.422. The van der Waals surface area contributed by atoms with E-state index in [1.165, 1.54) is 18.5 Å². The quantitative estimate of drug-likeness (QED) is 0.754. The Hall–Kier alpha value is -3.28. The summed E-state index contributed by atoms with van der Waals surface area (Å²) < 4.78 is 15.5. The number of anilines is 1. The number of Topliss-reactive ketones (excluding diaryl/α,β-unsaturated/α-hetero) is 1. The van der Waals surface area contributed by atoms with Gasteiger partial charge >= 0.3 is 0 Å². The molecule has 1 aliphatic carbocycles. The fraction of sp³-hybridized carbons (Fsp3) is 0.190. The minimum absolute atomic E-state index is 0.0630. The summed E-state index contributed by atoms with van der Waals surface area (Å²) in [6.07, 6.45) is 2.59. The van der Waals surface area contributed by atoms with Crippen LogP contribution in [0.2, 0.25) is 0 Å². The van der Waals surface area contributed by atoms with Crippen LogP contribution in [0, 0.1) is 5.82 Å². The van der Waals surface area contributed by atoms with Gasteiger partial charge in [-0.3, -0.25) is 4.79 Å². The number of ketones is 1. The number of hydrogen-bond donors (Lipinski definition) is 1. The van der Waals surface area contributed by atoms with Crippen LogP contribution in [0.5, 0.6) is 0 Å². The summed E-state index contributed by atoms with van der Waals surface area (Å²) in [6.45, 7) is 0. The van der Waals surface area contributed by atoms with Gasteiger partial charge in [-0.1, -0.05) is 42.5 Å². The maximum absolute atomic E-state index is 13.9. The number of carbonyl (C=O) groups is 1. The summed E-state index contributed by atoms with van der Waals surface area (Å²) in [4.78, 5) is 17.4. The van der Waals surface area contributed by atoms with Gasteiger partial charge in [0.25, 0.3) is 0 Å². The van der Waals surface area contributed by atoms with Crippen molar-refractivity contribution >= 4 is 11.7 Å². The molecule has 2 heterocycles. The van der Waals surface area contributed by atoms with Crippen molar-refractivity contribution in [3.63, 3.8) is 0 Å². The van der Waals surface area contributed by atoms with E-state index < -0.39 is 6.04 Å². The van der Waals surface area contributed by atoms with Gasteiger partial charge in [0, 0.05) is 17.7 Å². The summed E-state index contributed by atoms with van der Waals surface area (Å²) in [6, 6.07) is 15.9. The number of fused-ring (bicyclic) bond motifs is 1. The second kappa shape index (κ2) is 6.16. The Bertz CT molecular complexity index is 1060. The standard InChI is InChI=1S/C21H17FN4O/c22-16-8-4-7-14(9-16)20-19-17(25-21-23-12-24-26(20)21)10-15(11-18(19)27)13-5-2-1-3-6-13/h1-9,12,15,20H,10-11H2,(H,23,24,25)/t15-,20+/m1/s1. The van der Waals surface area contributed by atoms with Crippen molar-refractivity contribution in [3.8, 4) is 0 Å². The first-order valence-corrected chi connectivity index (χ1v) is 8.94. The second-order valence-electron chi connectivity index (χ2n) is 6.94. The van der Waals surface area contributed by atoms with E-state index in [1.54, 1.807) is 10.7 Å². The van der Waals surface area contributed by atoms with Crippen molar-refractivity contribution < 1.29 is 9.18 Å². The van der Waals surface area contributed by atoms with Gasteiger partial charge in [0.05, 0.1) is 0 Å². The lowest BCUT2D eigenvalue weighted by Crippen LogP contribution is -2.33. The Labute approximate surface area is 155 Å². The van der Waals surface area contributed by atoms with Gasteiger partial charge in [0.15, 0.2) is 5.78 Å². The summed E-state index contributed by atoms with van der Waals surface area (Å²) in [5, 5.41) is 7.56. The van der Waals surface area contributed by atoms with Crippen LogP contribution in [-0.4, -0.2) is 20.5 Å². The first kappa shape index (κ1) is 15.9. The molecule has 0 amide bonds. The van der Waals surface area contributed by atoms with Gasteiger partial charge in [-0.05, 0) is 35.6 Å². The van der Waals surface area contributed by atoms with Gasteiger partial charge in [-0.15, -0.1) is 0 Å². The second-order valence-corrected chi connectivity index (χ2v) is 6.94. The maximum atomic E-state index is 13.9. The fourth-order valence-corrected chi connectivity index (χ4v) is 4.10. The predicted molar refractivity (Wildman–Crippen MR) is 98.6 cm³/mol. The van der Waals surface area contributed by atoms with Crippen LogP contribution in [-0.2, 0) is 4.79 Å². The van der Waals surface area contributed by atoms with Gasteiger partial charge < -0.3 is 5.32 Å². The van der Waals surface area contributed by atoms with Crippen molar-refractivity contribution in [2.45, 2.75) is 24.8 Å². The lowest BCUT2D eigenvalue weighted by molar-refractivity contribution is -0.116. The summed E-state index contributed by atoms with van der Waals surface area (Å²) in [7, 11) is 0. The summed E-state index contributed by atoms with van der Waals surface area (Å²) >= 11 is 0. The van der Waals surface area contributed by atoms with E-state index in [0.29, 0.717) is 29.9 Å². The van der Waals surface area contributed by atoms with Crippen LogP contribution in [0.1, 0.15) is 35.9 Å². The van der Waals surface area contributed by atoms with Crippen LogP contribution in [0.3, 0.4) is 0 Å². The number of nitrogens with zero attached hydrogens (tertiary/aromatic N) is 3. The molecule has 3 aromatic rings. The highest BCUT2D eigenvalue weighted by Crippen LogP contribution is 2.43. The largest absolute Gasteiger partial charge is 0.328 e. The molecular weight excluding hydrogens is 343 g/mol. The van der Waals surface area contributed by atoms with E-state index >= 15 is 0 Å². The zero-order valence-electron chi connectivity index (χ0n) is 14.5. The Morgan fingerprint density at radius 2 is 1.85 bits per heavy atom. The van der Waals surface area contributed by atoms with Crippen molar-refractivity contribution in [1.82, 2.24) is 14.8 Å². The topological polar surface area (TPSA) is 59.8 Å². The van der Waals surface area contributed by atoms with Crippen LogP contribution in [0.4, 0.5) is 10.3 Å². The molecule has 5 rings (SSSR count). The fourth-order valence-electron chi connectivity index (χ4n) is 4.10. The van der Waals surface area contributed by atoms with E-state index in [-0.39, 0.29) is 17.5 Å². The van der Waals surface area contributed by atoms with E-state index in [1.807, 2.05) is 24.3 Å². The SMILES string of the molecule is O=C1C[C@H](c2ccccc2)CC2=C1[C@H](c1cccc(F)c1)n1ncnc1N2. The van der Waals surface area contributed by atoms with Crippen molar-refractivity contribution in [2.24, 2.45) is 0 Å². The third-order valence-corrected chi connectivity index (χ3v) is 5.30. The molecule has 2 aromatic carbocycles. The highest BCUT2D eigenvalue weighted by molar-refractivity contribution is 6.00. The highest BCUT2D eigenvalue weighted by Gasteiger charge is 2.39. The number of halogens is 1. The van der Waals surface area contributed by atoms with Crippen LogP contribution < -0.4 is 5.32 Å². The molecule has 6 heteroatoms. The zero-order valence-corrected chi connectivity index (χ0v) is 14.5. The summed E-state index contributed by atoms with van der Waals surface area (Å²) in [5.41, 5.74) is 3.36. The number of benzene rings is 2. The molecule has 134 valence electrons. The normalized spacial score (nSPS) is 21.4. The molecule has 2 aliphatic rings. The molecule has 0 saturated heterocycles. The Kier molecular flexibility index (Phi) is 3.63. The average Bonchev–Trinajstić information content (AvgIpc) is 3.15. The van der Waals surface area contributed by atoms with Crippen LogP contribution >= 0.6 is 0 Å². The lowest BCUT2D eigenvalue weighted by atomic mass is 9.78. The maximum Gasteiger partial charge on any atom is 0.226 e. The van der Waals surface area contributed by atoms with Crippen molar-refractivity contribution in [1.29, 1.82) is 0 Å². The number of allylic oxidation sites excluding steroid dienone is 2. The number of aromatic nitrogens is 3. The highest BCUT2D eigenvalue weighted by atomic mass is 19.1. The van der Waals surface area contributed by atoms with Gasteiger partial charge in [0.2, 0.25) is 5.95 Å². The molecule has 1 N–H and O–H groups in total. The minimum atomic E-state index is -0.460. The number of nitrogens with one attached hydrogen (secondary N) is 1. The molecular formula is C21H17FN4O. The smallest absolute Gasteiger partial charge is 0.226 e. The predicted octanol–water partition coefficient (Wildman–Crippen LogP) is 3.83. The monoisotopic (exact) mass is 360 g/mol. The van der Waals surface area contributed by atoms with Gasteiger partial charge in [-0.2, -0.15) is 10.1 Å². The third-order valence-electron chi connectivity index (χ3n) is 5.30. The van der Waals surface area contributed by atoms with E-state index in [2.05, 4.69) is 27.5 Å². The lowest BCUT2D eigenvalue weighted by Gasteiger charge is -2.35. The Morgan fingerprint density at radius 1 is 1.04 bits per heavy atom. The van der Waals surface area contributed by atoms with E-state index in [0.717, 1.165) is 11.3 Å². The number of carbonyl (C=O) groups excluding carboxylic acids is 1. The van der Waals surface area contributed by atoms with Gasteiger partial charge in [0.1, 0.15) is 18.2 Å². The third kappa shape index (κ3) is 2.65. The molecule has 5 nitrogen and oxygen atoms in total. The zero-order chi connectivity index (χ0) is 18.4. The Morgan fingerprint density at radius 3 is 2.67 bits per heavy atom. The molecule has 27 heavy (non-hydrogen) atoms. The average molecular weight is 360 g/mol. The number of rotatable bonds is 2. The molecule has 0 fully saturated rings. The molecule has 0 unspecified atom stereocenters. The van der Waals surface area contributed by atoms with Gasteiger partial charge in [-0.25, -0.2) is 9.07 Å². The van der Waals surface area contributed by atoms with Crippen molar-refractivity contribution in [2.75, 3.05) is 5.32 Å². The molecule has 2 atom stereocenters. The molecule has 0 radical (unpaired) electrons. The molecule has 0 saturated carbocycles. The van der Waals surface area contributed by atoms with Crippen LogP contribution in [0.25, 0.3) is 0 Å². The van der Waals surface area contributed by atoms with Crippen LogP contribution in [0.15, 0.2) is 72.2 Å². The Balaban J connectivity index is 1.62. The molecule has 1 aliphatic heterocycles. The number of hydrogen-bond acceptors (Lipinski definition) is 4. The molecule has 1 aromatic heterocycles.